The van der Waals surface area contributed by atoms with Gasteiger partial charge in [0.05, 0.1) is 18.3 Å². The average molecular weight is 273 g/mol. The van der Waals surface area contributed by atoms with Crippen LogP contribution in [0, 0.1) is 0 Å². The predicted octanol–water partition coefficient (Wildman–Crippen LogP) is 2.54. The summed E-state index contributed by atoms with van der Waals surface area (Å²) in [4.78, 5) is 4.28. The van der Waals surface area contributed by atoms with Gasteiger partial charge in [0.2, 0.25) is 0 Å². The van der Waals surface area contributed by atoms with Crippen molar-refractivity contribution in [1.29, 1.82) is 0 Å². The van der Waals surface area contributed by atoms with E-state index in [0.29, 0.717) is 5.92 Å². The Hall–Kier alpha value is -1.39. The summed E-state index contributed by atoms with van der Waals surface area (Å²) in [5, 5.41) is 4.80. The van der Waals surface area contributed by atoms with Crippen molar-refractivity contribution >= 4 is 10.9 Å². The van der Waals surface area contributed by atoms with Gasteiger partial charge in [0.15, 0.2) is 0 Å². The minimum Gasteiger partial charge on any atom is -0.380 e. The molecule has 0 spiro atoms. The minimum atomic E-state index is 0.609. The van der Waals surface area contributed by atoms with Crippen molar-refractivity contribution in [3.05, 3.63) is 30.2 Å². The van der Waals surface area contributed by atoms with Crippen LogP contribution in [-0.4, -0.2) is 35.9 Å². The molecule has 1 saturated heterocycles. The summed E-state index contributed by atoms with van der Waals surface area (Å²) in [6.07, 6.45) is 6.38. The molecule has 1 atom stereocenters. The zero-order valence-electron chi connectivity index (χ0n) is 12.1. The molecule has 3 rings (SSSR count). The van der Waals surface area contributed by atoms with E-state index in [4.69, 9.17) is 4.74 Å². The molecule has 0 radical (unpaired) electrons. The highest BCUT2D eigenvalue weighted by Crippen LogP contribution is 2.29. The fraction of sp³-hybridized carbons (Fsp3) is 0.562. The monoisotopic (exact) mass is 273 g/mol. The molecule has 1 aliphatic heterocycles. The molecule has 0 aromatic carbocycles. The van der Waals surface area contributed by atoms with E-state index in [2.05, 4.69) is 27.0 Å². The lowest BCUT2D eigenvalue weighted by atomic mass is 9.96. The molecule has 1 unspecified atom stereocenters. The lowest BCUT2D eigenvalue weighted by Gasteiger charge is -2.24. The molecule has 0 bridgehead atoms. The Kier molecular flexibility index (Phi) is 4.33. The van der Waals surface area contributed by atoms with E-state index in [1.807, 2.05) is 19.3 Å². The van der Waals surface area contributed by atoms with Crippen molar-refractivity contribution in [1.82, 2.24) is 14.9 Å². The first-order chi connectivity index (χ1) is 9.90. The number of rotatable bonds is 5. The number of hydrogen-bond acceptors (Lipinski definition) is 3. The number of nitrogens with one attached hydrogen (secondary N) is 1. The standard InChI is InChI=1S/C16H23N3O/c1-2-20-9-8-19-15(14-4-3-6-17-11-14)10-13-5-7-18-12-16(13)19/h5,7,10,12,14,17H,2-4,6,8-9,11H2,1H3. The van der Waals surface area contributed by atoms with Gasteiger partial charge in [0.1, 0.15) is 0 Å². The summed E-state index contributed by atoms with van der Waals surface area (Å²) in [6, 6.07) is 4.44. The molecule has 1 fully saturated rings. The maximum absolute atomic E-state index is 5.54. The smallest absolute Gasteiger partial charge is 0.0669 e. The van der Waals surface area contributed by atoms with E-state index in [1.165, 1.54) is 29.4 Å². The Morgan fingerprint density at radius 1 is 1.50 bits per heavy atom. The first kappa shape index (κ1) is 13.6. The Bertz CT molecular complexity index is 558. The van der Waals surface area contributed by atoms with Crippen LogP contribution in [0.3, 0.4) is 0 Å². The Morgan fingerprint density at radius 2 is 2.45 bits per heavy atom. The zero-order chi connectivity index (χ0) is 13.8. The largest absolute Gasteiger partial charge is 0.380 e. The third kappa shape index (κ3) is 2.72. The third-order valence-corrected chi connectivity index (χ3v) is 4.12. The van der Waals surface area contributed by atoms with Gasteiger partial charge in [-0.15, -0.1) is 0 Å². The normalized spacial score (nSPS) is 19.6. The topological polar surface area (TPSA) is 39.1 Å². The molecule has 1 N–H and O–H groups in total. The molecule has 108 valence electrons. The number of fused-ring (bicyclic) bond motifs is 1. The highest BCUT2D eigenvalue weighted by molar-refractivity contribution is 5.80. The van der Waals surface area contributed by atoms with Gasteiger partial charge in [-0.3, -0.25) is 4.98 Å². The van der Waals surface area contributed by atoms with Crippen LogP contribution in [0.2, 0.25) is 0 Å². The lowest BCUT2D eigenvalue weighted by molar-refractivity contribution is 0.139. The van der Waals surface area contributed by atoms with Gasteiger partial charge in [-0.05, 0) is 38.4 Å². The van der Waals surface area contributed by atoms with E-state index in [0.717, 1.165) is 32.8 Å². The second kappa shape index (κ2) is 6.37. The Morgan fingerprint density at radius 3 is 3.25 bits per heavy atom. The molecule has 0 saturated carbocycles. The van der Waals surface area contributed by atoms with E-state index < -0.39 is 0 Å². The average Bonchev–Trinajstić information content (AvgIpc) is 2.87. The molecule has 0 amide bonds. The summed E-state index contributed by atoms with van der Waals surface area (Å²) < 4.78 is 7.94. The van der Waals surface area contributed by atoms with Crippen LogP contribution in [-0.2, 0) is 11.3 Å². The Balaban J connectivity index is 1.93. The summed E-state index contributed by atoms with van der Waals surface area (Å²) >= 11 is 0. The fourth-order valence-electron chi connectivity index (χ4n) is 3.11. The first-order valence-corrected chi connectivity index (χ1v) is 7.61. The first-order valence-electron chi connectivity index (χ1n) is 7.61. The molecular weight excluding hydrogens is 250 g/mol. The van der Waals surface area contributed by atoms with Crippen LogP contribution in [0.15, 0.2) is 24.5 Å². The fourth-order valence-corrected chi connectivity index (χ4v) is 3.11. The van der Waals surface area contributed by atoms with Crippen molar-refractivity contribution in [2.45, 2.75) is 32.2 Å². The molecule has 2 aromatic heterocycles. The maximum Gasteiger partial charge on any atom is 0.0669 e. The molecule has 4 nitrogen and oxygen atoms in total. The van der Waals surface area contributed by atoms with Gasteiger partial charge in [0, 0.05) is 42.9 Å². The maximum atomic E-state index is 5.54. The molecule has 1 aliphatic rings. The van der Waals surface area contributed by atoms with E-state index in [1.54, 1.807) is 0 Å². The molecule has 2 aromatic rings. The molecular formula is C16H23N3O. The van der Waals surface area contributed by atoms with Gasteiger partial charge in [-0.1, -0.05) is 0 Å². The lowest BCUT2D eigenvalue weighted by Crippen LogP contribution is -2.29. The van der Waals surface area contributed by atoms with Crippen molar-refractivity contribution in [3.8, 4) is 0 Å². The van der Waals surface area contributed by atoms with Crippen LogP contribution in [0.25, 0.3) is 10.9 Å². The second-order valence-corrected chi connectivity index (χ2v) is 5.40. The van der Waals surface area contributed by atoms with Crippen molar-refractivity contribution in [2.75, 3.05) is 26.3 Å². The number of aromatic nitrogens is 2. The molecule has 3 heterocycles. The van der Waals surface area contributed by atoms with Gasteiger partial charge in [-0.2, -0.15) is 0 Å². The quantitative estimate of drug-likeness (QED) is 0.851. The van der Waals surface area contributed by atoms with Crippen LogP contribution < -0.4 is 5.32 Å². The highest BCUT2D eigenvalue weighted by atomic mass is 16.5. The summed E-state index contributed by atoms with van der Waals surface area (Å²) in [7, 11) is 0. The van der Waals surface area contributed by atoms with Crippen molar-refractivity contribution in [3.63, 3.8) is 0 Å². The second-order valence-electron chi connectivity index (χ2n) is 5.40. The van der Waals surface area contributed by atoms with Gasteiger partial charge < -0.3 is 14.6 Å². The van der Waals surface area contributed by atoms with Crippen LogP contribution in [0.1, 0.15) is 31.4 Å². The van der Waals surface area contributed by atoms with Crippen LogP contribution in [0.4, 0.5) is 0 Å². The number of ether oxygens (including phenoxy) is 1. The van der Waals surface area contributed by atoms with Gasteiger partial charge in [0.25, 0.3) is 0 Å². The van der Waals surface area contributed by atoms with E-state index in [-0.39, 0.29) is 0 Å². The molecule has 20 heavy (non-hydrogen) atoms. The summed E-state index contributed by atoms with van der Waals surface area (Å²) in [5.41, 5.74) is 2.66. The Labute approximate surface area is 120 Å². The number of hydrogen-bond donors (Lipinski definition) is 1. The number of piperidine rings is 1. The predicted molar refractivity (Wildman–Crippen MR) is 81.1 cm³/mol. The van der Waals surface area contributed by atoms with Crippen molar-refractivity contribution in [2.24, 2.45) is 0 Å². The van der Waals surface area contributed by atoms with Crippen LogP contribution >= 0.6 is 0 Å². The van der Waals surface area contributed by atoms with Gasteiger partial charge in [-0.25, -0.2) is 0 Å². The van der Waals surface area contributed by atoms with E-state index in [9.17, 15) is 0 Å². The SMILES string of the molecule is CCOCCn1c(C2CCCNC2)cc2ccncc21. The van der Waals surface area contributed by atoms with Gasteiger partial charge >= 0.3 is 0 Å². The zero-order valence-corrected chi connectivity index (χ0v) is 12.1. The van der Waals surface area contributed by atoms with E-state index >= 15 is 0 Å². The van der Waals surface area contributed by atoms with Crippen molar-refractivity contribution < 1.29 is 4.74 Å². The summed E-state index contributed by atoms with van der Waals surface area (Å²) in [5.74, 6) is 0.609. The summed E-state index contributed by atoms with van der Waals surface area (Å²) in [6.45, 7) is 6.73. The molecule has 0 aliphatic carbocycles. The third-order valence-electron chi connectivity index (χ3n) is 4.12. The molecule has 4 heteroatoms. The number of pyridine rings is 1. The highest BCUT2D eigenvalue weighted by Gasteiger charge is 2.20. The van der Waals surface area contributed by atoms with Crippen LogP contribution in [0.5, 0.6) is 0 Å². The number of nitrogens with zero attached hydrogens (tertiary/aromatic N) is 2. The minimum absolute atomic E-state index is 0.609.